The number of carbonyl (C=O) groups is 1. The van der Waals surface area contributed by atoms with E-state index in [1.807, 2.05) is 0 Å². The number of carbonyl (C=O) groups excluding carboxylic acids is 1. The first-order valence-electron chi connectivity index (χ1n) is 5.43. The predicted octanol–water partition coefficient (Wildman–Crippen LogP) is 2.83. The Morgan fingerprint density at radius 1 is 1.42 bits per heavy atom. The quantitative estimate of drug-likeness (QED) is 0.852. The van der Waals surface area contributed by atoms with E-state index in [0.29, 0.717) is 0 Å². The summed E-state index contributed by atoms with van der Waals surface area (Å²) >= 11 is 5.72. The summed E-state index contributed by atoms with van der Waals surface area (Å²) in [5, 5.41) is 8.84. The van der Waals surface area contributed by atoms with Crippen molar-refractivity contribution in [2.24, 2.45) is 0 Å². The van der Waals surface area contributed by atoms with Crippen LogP contribution in [-0.2, 0) is 0 Å². The van der Waals surface area contributed by atoms with E-state index >= 15 is 0 Å². The summed E-state index contributed by atoms with van der Waals surface area (Å²) in [6.45, 7) is 1.73. The zero-order chi connectivity index (χ0) is 14.0. The number of aromatic nitrogens is 2. The number of H-pyrrole nitrogens is 1. The van der Waals surface area contributed by atoms with Crippen LogP contribution in [0.3, 0.4) is 0 Å². The maximum Gasteiger partial charge on any atom is 0.253 e. The van der Waals surface area contributed by atoms with Gasteiger partial charge in [-0.25, -0.2) is 8.78 Å². The average molecular weight is 286 g/mol. The molecule has 0 aliphatic carbocycles. The molecule has 1 amide bonds. The Hall–Kier alpha value is -1.95. The first-order chi connectivity index (χ1) is 8.99. The van der Waals surface area contributed by atoms with Crippen LogP contribution in [0.2, 0.25) is 5.02 Å². The molecule has 1 heterocycles. The number of nitrogens with one attached hydrogen (secondary N) is 2. The number of aromatic amines is 1. The minimum Gasteiger partial charge on any atom is -0.345 e. The maximum atomic E-state index is 13.1. The molecular formula is C12H10ClF2N3O. The first kappa shape index (κ1) is 13.5. The molecule has 19 heavy (non-hydrogen) atoms. The van der Waals surface area contributed by atoms with E-state index in [2.05, 4.69) is 15.5 Å². The van der Waals surface area contributed by atoms with E-state index in [0.717, 1.165) is 17.7 Å². The Morgan fingerprint density at radius 2 is 2.11 bits per heavy atom. The van der Waals surface area contributed by atoms with Crippen molar-refractivity contribution in [2.45, 2.75) is 13.0 Å². The van der Waals surface area contributed by atoms with Crippen LogP contribution >= 0.6 is 11.6 Å². The topological polar surface area (TPSA) is 57.8 Å². The second-order valence-electron chi connectivity index (χ2n) is 3.97. The highest BCUT2D eigenvalue weighted by Gasteiger charge is 2.17. The number of hydrogen-bond donors (Lipinski definition) is 2. The van der Waals surface area contributed by atoms with E-state index in [-0.39, 0.29) is 16.6 Å². The average Bonchev–Trinajstić information content (AvgIpc) is 2.87. The number of hydrogen-bond acceptors (Lipinski definition) is 2. The zero-order valence-electron chi connectivity index (χ0n) is 9.88. The summed E-state index contributed by atoms with van der Waals surface area (Å²) in [4.78, 5) is 11.9. The fourth-order valence-corrected chi connectivity index (χ4v) is 1.79. The minimum atomic E-state index is -1.12. The van der Waals surface area contributed by atoms with Gasteiger partial charge in [-0.2, -0.15) is 5.10 Å². The van der Waals surface area contributed by atoms with Gasteiger partial charge in [0.2, 0.25) is 0 Å². The van der Waals surface area contributed by atoms with Crippen molar-refractivity contribution in [1.82, 2.24) is 15.5 Å². The van der Waals surface area contributed by atoms with Crippen molar-refractivity contribution in [3.63, 3.8) is 0 Å². The van der Waals surface area contributed by atoms with Crippen LogP contribution in [0.25, 0.3) is 0 Å². The lowest BCUT2D eigenvalue weighted by Gasteiger charge is -2.13. The number of benzene rings is 1. The molecule has 0 aliphatic rings. The largest absolute Gasteiger partial charge is 0.345 e. The molecule has 2 rings (SSSR count). The van der Waals surface area contributed by atoms with Crippen molar-refractivity contribution in [3.05, 3.63) is 52.3 Å². The SMILES string of the molecule is CC(NC(=O)c1cc(F)c(F)cc1Cl)c1cn[nH]c1. The van der Waals surface area contributed by atoms with Crippen molar-refractivity contribution in [3.8, 4) is 0 Å². The molecule has 7 heteroatoms. The van der Waals surface area contributed by atoms with Gasteiger partial charge in [0, 0.05) is 11.8 Å². The van der Waals surface area contributed by atoms with Crippen LogP contribution in [0.4, 0.5) is 8.78 Å². The van der Waals surface area contributed by atoms with Gasteiger partial charge in [-0.05, 0) is 19.1 Å². The van der Waals surface area contributed by atoms with E-state index in [1.165, 1.54) is 0 Å². The van der Waals surface area contributed by atoms with Crippen LogP contribution < -0.4 is 5.32 Å². The van der Waals surface area contributed by atoms with Gasteiger partial charge in [0.25, 0.3) is 5.91 Å². The number of halogens is 3. The van der Waals surface area contributed by atoms with Crippen molar-refractivity contribution in [1.29, 1.82) is 0 Å². The molecule has 0 saturated carbocycles. The van der Waals surface area contributed by atoms with E-state index in [9.17, 15) is 13.6 Å². The Bertz CT molecular complexity index is 601. The smallest absolute Gasteiger partial charge is 0.253 e. The standard InChI is InChI=1S/C12H10ClF2N3O/c1-6(7-4-16-17-5-7)18-12(19)8-2-10(14)11(15)3-9(8)13/h2-6H,1H3,(H,16,17)(H,18,19). The lowest BCUT2D eigenvalue weighted by Crippen LogP contribution is -2.26. The van der Waals surface area contributed by atoms with Gasteiger partial charge in [0.15, 0.2) is 11.6 Å². The maximum absolute atomic E-state index is 13.1. The third-order valence-electron chi connectivity index (χ3n) is 2.62. The molecule has 1 atom stereocenters. The number of amides is 1. The summed E-state index contributed by atoms with van der Waals surface area (Å²) in [6.07, 6.45) is 3.18. The Labute approximate surface area is 112 Å². The third kappa shape index (κ3) is 2.90. The monoisotopic (exact) mass is 285 g/mol. The van der Waals surface area contributed by atoms with E-state index < -0.39 is 17.5 Å². The highest BCUT2D eigenvalue weighted by Crippen LogP contribution is 2.21. The van der Waals surface area contributed by atoms with Gasteiger partial charge in [0.05, 0.1) is 22.8 Å². The second-order valence-corrected chi connectivity index (χ2v) is 4.38. The Balaban J connectivity index is 2.19. The number of rotatable bonds is 3. The van der Waals surface area contributed by atoms with Gasteiger partial charge >= 0.3 is 0 Å². The highest BCUT2D eigenvalue weighted by atomic mass is 35.5. The molecular weight excluding hydrogens is 276 g/mol. The van der Waals surface area contributed by atoms with Crippen molar-refractivity contribution < 1.29 is 13.6 Å². The summed E-state index contributed by atoms with van der Waals surface area (Å²) in [5.74, 6) is -2.80. The van der Waals surface area contributed by atoms with Gasteiger partial charge < -0.3 is 5.32 Å². The molecule has 2 aromatic rings. The van der Waals surface area contributed by atoms with Crippen LogP contribution in [0, 0.1) is 11.6 Å². The minimum absolute atomic E-state index is 0.115. The summed E-state index contributed by atoms with van der Waals surface area (Å²) < 4.78 is 26.0. The molecule has 0 bridgehead atoms. The molecule has 1 unspecified atom stereocenters. The third-order valence-corrected chi connectivity index (χ3v) is 2.93. The Morgan fingerprint density at radius 3 is 2.74 bits per heavy atom. The molecule has 0 saturated heterocycles. The predicted molar refractivity (Wildman–Crippen MR) is 65.8 cm³/mol. The molecule has 0 fully saturated rings. The van der Waals surface area contributed by atoms with Crippen molar-refractivity contribution >= 4 is 17.5 Å². The summed E-state index contributed by atoms with van der Waals surface area (Å²) in [6, 6.07) is 1.21. The molecule has 1 aromatic heterocycles. The van der Waals surface area contributed by atoms with Crippen LogP contribution in [-0.4, -0.2) is 16.1 Å². The normalized spacial score (nSPS) is 12.2. The molecule has 0 spiro atoms. The van der Waals surface area contributed by atoms with Crippen LogP contribution in [0.5, 0.6) is 0 Å². The molecule has 2 N–H and O–H groups in total. The lowest BCUT2D eigenvalue weighted by atomic mass is 10.1. The second kappa shape index (κ2) is 5.36. The van der Waals surface area contributed by atoms with E-state index in [1.54, 1.807) is 19.3 Å². The van der Waals surface area contributed by atoms with E-state index in [4.69, 9.17) is 11.6 Å². The van der Waals surface area contributed by atoms with Crippen molar-refractivity contribution in [2.75, 3.05) is 0 Å². The molecule has 1 aromatic carbocycles. The number of nitrogens with zero attached hydrogens (tertiary/aromatic N) is 1. The fraction of sp³-hybridized carbons (Fsp3) is 0.167. The van der Waals surface area contributed by atoms with Gasteiger partial charge in [-0.15, -0.1) is 0 Å². The van der Waals surface area contributed by atoms with Crippen LogP contribution in [0.1, 0.15) is 28.9 Å². The highest BCUT2D eigenvalue weighted by molar-refractivity contribution is 6.33. The molecule has 0 radical (unpaired) electrons. The van der Waals surface area contributed by atoms with Crippen LogP contribution in [0.15, 0.2) is 24.5 Å². The molecule has 0 aliphatic heterocycles. The zero-order valence-corrected chi connectivity index (χ0v) is 10.6. The lowest BCUT2D eigenvalue weighted by molar-refractivity contribution is 0.0939. The summed E-state index contributed by atoms with van der Waals surface area (Å²) in [7, 11) is 0. The Kier molecular flexibility index (Phi) is 3.80. The summed E-state index contributed by atoms with van der Waals surface area (Å²) in [5.41, 5.74) is 0.642. The molecule has 4 nitrogen and oxygen atoms in total. The fourth-order valence-electron chi connectivity index (χ4n) is 1.55. The van der Waals surface area contributed by atoms with Gasteiger partial charge in [-0.1, -0.05) is 11.6 Å². The van der Waals surface area contributed by atoms with Gasteiger partial charge in [0.1, 0.15) is 0 Å². The first-order valence-corrected chi connectivity index (χ1v) is 5.81. The van der Waals surface area contributed by atoms with Gasteiger partial charge in [-0.3, -0.25) is 9.89 Å². The molecule has 100 valence electrons.